The third-order valence-electron chi connectivity index (χ3n) is 4.21. The predicted octanol–water partition coefficient (Wildman–Crippen LogP) is 4.59. The molecule has 0 fully saturated rings. The molecule has 0 unspecified atom stereocenters. The third kappa shape index (κ3) is 4.32. The first-order valence-electron chi connectivity index (χ1n) is 7.16. The van der Waals surface area contributed by atoms with Crippen LogP contribution in [0.3, 0.4) is 0 Å². The van der Waals surface area contributed by atoms with Crippen LogP contribution in [0.4, 0.5) is 10.1 Å². The van der Waals surface area contributed by atoms with Crippen molar-refractivity contribution in [3.63, 3.8) is 0 Å². The van der Waals surface area contributed by atoms with Crippen LogP contribution in [0.1, 0.15) is 26.3 Å². The maximum atomic E-state index is 13.9. The minimum atomic E-state index is -1.72. The Balaban J connectivity index is 2.58. The molecule has 1 rings (SSSR count). The lowest BCUT2D eigenvalue weighted by molar-refractivity contribution is 0.295. The summed E-state index contributed by atoms with van der Waals surface area (Å²) in [7, 11) is 0.190. The molecule has 0 radical (unpaired) electrons. The Morgan fingerprint density at radius 3 is 2.35 bits per heavy atom. The van der Waals surface area contributed by atoms with Gasteiger partial charge in [-0.1, -0.05) is 26.8 Å². The highest BCUT2D eigenvalue weighted by atomic mass is 28.4. The molecule has 0 aliphatic carbocycles. The van der Waals surface area contributed by atoms with Gasteiger partial charge in [0.1, 0.15) is 5.82 Å². The van der Waals surface area contributed by atoms with E-state index in [9.17, 15) is 4.39 Å². The number of anilines is 1. The lowest BCUT2D eigenvalue weighted by Gasteiger charge is -2.36. The van der Waals surface area contributed by atoms with Gasteiger partial charge in [-0.05, 0) is 42.8 Å². The molecule has 1 aromatic rings. The minimum absolute atomic E-state index is 0.167. The number of hydrogen-bond donors (Lipinski definition) is 0. The molecular weight excluding hydrogens is 269 g/mol. The van der Waals surface area contributed by atoms with E-state index in [2.05, 4.69) is 33.9 Å². The van der Waals surface area contributed by atoms with Gasteiger partial charge >= 0.3 is 0 Å². The molecule has 0 saturated carbocycles. The van der Waals surface area contributed by atoms with Gasteiger partial charge in [0.05, 0.1) is 12.3 Å². The standard InChI is InChI=1S/C16H28FNOSi/c1-13-8-9-15(14(17)12-13)18(5)10-11-19-20(6,7)16(2,3)4/h8-9,12H,10-11H2,1-7H3. The molecule has 0 aliphatic rings. The van der Waals surface area contributed by atoms with Gasteiger partial charge in [0.25, 0.3) is 0 Å². The molecule has 0 N–H and O–H groups in total. The van der Waals surface area contributed by atoms with Gasteiger partial charge in [-0.25, -0.2) is 4.39 Å². The van der Waals surface area contributed by atoms with E-state index in [0.717, 1.165) is 5.56 Å². The molecule has 2 nitrogen and oxygen atoms in total. The van der Waals surface area contributed by atoms with E-state index in [1.54, 1.807) is 6.07 Å². The molecule has 0 saturated heterocycles. The smallest absolute Gasteiger partial charge is 0.192 e. The first kappa shape index (κ1) is 17.2. The van der Waals surface area contributed by atoms with Crippen LogP contribution in [0.5, 0.6) is 0 Å². The minimum Gasteiger partial charge on any atom is -0.415 e. The second-order valence-corrected chi connectivity index (χ2v) is 11.8. The molecule has 0 atom stereocenters. The van der Waals surface area contributed by atoms with Gasteiger partial charge in [-0.15, -0.1) is 0 Å². The van der Waals surface area contributed by atoms with E-state index in [1.165, 1.54) is 0 Å². The van der Waals surface area contributed by atoms with Crippen LogP contribution in [0.15, 0.2) is 18.2 Å². The number of rotatable bonds is 5. The molecule has 0 spiro atoms. The number of likely N-dealkylation sites (N-methyl/N-ethyl adjacent to an activating group) is 1. The fourth-order valence-electron chi connectivity index (χ4n) is 1.70. The van der Waals surface area contributed by atoms with Gasteiger partial charge < -0.3 is 9.33 Å². The van der Waals surface area contributed by atoms with Crippen molar-refractivity contribution < 1.29 is 8.82 Å². The fourth-order valence-corrected chi connectivity index (χ4v) is 2.73. The first-order chi connectivity index (χ1) is 9.04. The van der Waals surface area contributed by atoms with Crippen molar-refractivity contribution in [2.45, 2.75) is 45.8 Å². The van der Waals surface area contributed by atoms with Gasteiger partial charge in [0.2, 0.25) is 0 Å². The number of hydrogen-bond acceptors (Lipinski definition) is 2. The quantitative estimate of drug-likeness (QED) is 0.737. The van der Waals surface area contributed by atoms with Crippen LogP contribution in [-0.2, 0) is 4.43 Å². The van der Waals surface area contributed by atoms with E-state index in [0.29, 0.717) is 18.8 Å². The second-order valence-electron chi connectivity index (χ2n) is 6.99. The molecule has 0 amide bonds. The lowest BCUT2D eigenvalue weighted by Crippen LogP contribution is -2.42. The fraction of sp³-hybridized carbons (Fsp3) is 0.625. The Morgan fingerprint density at radius 1 is 1.25 bits per heavy atom. The van der Waals surface area contributed by atoms with Crippen LogP contribution in [-0.4, -0.2) is 28.5 Å². The van der Waals surface area contributed by atoms with Crippen molar-refractivity contribution in [2.24, 2.45) is 0 Å². The Morgan fingerprint density at radius 2 is 1.85 bits per heavy atom. The predicted molar refractivity (Wildman–Crippen MR) is 87.6 cm³/mol. The molecule has 114 valence electrons. The normalized spacial score (nSPS) is 12.6. The van der Waals surface area contributed by atoms with Crippen LogP contribution < -0.4 is 4.90 Å². The van der Waals surface area contributed by atoms with E-state index in [4.69, 9.17) is 4.43 Å². The van der Waals surface area contributed by atoms with E-state index >= 15 is 0 Å². The van der Waals surface area contributed by atoms with E-state index in [-0.39, 0.29) is 10.9 Å². The summed E-state index contributed by atoms with van der Waals surface area (Å²) < 4.78 is 20.0. The molecule has 1 aromatic carbocycles. The van der Waals surface area contributed by atoms with Crippen molar-refractivity contribution in [2.75, 3.05) is 25.1 Å². The average Bonchev–Trinajstić information content (AvgIpc) is 2.26. The summed E-state index contributed by atoms with van der Waals surface area (Å²) in [5.74, 6) is -0.167. The summed E-state index contributed by atoms with van der Waals surface area (Å²) in [6, 6.07) is 5.33. The van der Waals surface area contributed by atoms with E-state index in [1.807, 2.05) is 31.0 Å². The summed E-state index contributed by atoms with van der Waals surface area (Å²) in [6.07, 6.45) is 0. The Labute approximate surface area is 124 Å². The van der Waals surface area contributed by atoms with E-state index < -0.39 is 8.32 Å². The highest BCUT2D eigenvalue weighted by Gasteiger charge is 2.36. The number of nitrogens with zero attached hydrogens (tertiary/aromatic N) is 1. The van der Waals surface area contributed by atoms with Crippen LogP contribution in [0.2, 0.25) is 18.1 Å². The van der Waals surface area contributed by atoms with Crippen molar-refractivity contribution in [3.8, 4) is 0 Å². The van der Waals surface area contributed by atoms with Crippen molar-refractivity contribution >= 4 is 14.0 Å². The number of aryl methyl sites for hydroxylation is 1. The first-order valence-corrected chi connectivity index (χ1v) is 10.1. The number of benzene rings is 1. The molecular formula is C16H28FNOSi. The lowest BCUT2D eigenvalue weighted by atomic mass is 10.2. The van der Waals surface area contributed by atoms with Crippen molar-refractivity contribution in [1.29, 1.82) is 0 Å². The zero-order valence-corrected chi connectivity index (χ0v) is 14.9. The highest BCUT2D eigenvalue weighted by Crippen LogP contribution is 2.36. The maximum absolute atomic E-state index is 13.9. The zero-order valence-electron chi connectivity index (χ0n) is 13.9. The summed E-state index contributed by atoms with van der Waals surface area (Å²) in [6.45, 7) is 14.4. The monoisotopic (exact) mass is 297 g/mol. The highest BCUT2D eigenvalue weighted by molar-refractivity contribution is 6.74. The second kappa shape index (κ2) is 6.27. The molecule has 0 aliphatic heterocycles. The van der Waals surface area contributed by atoms with Gasteiger partial charge in [0, 0.05) is 13.6 Å². The average molecular weight is 297 g/mol. The maximum Gasteiger partial charge on any atom is 0.192 e. The van der Waals surface area contributed by atoms with Gasteiger partial charge in [-0.3, -0.25) is 0 Å². The summed E-state index contributed by atoms with van der Waals surface area (Å²) >= 11 is 0. The Hall–Kier alpha value is -0.873. The SMILES string of the molecule is Cc1ccc(N(C)CCO[Si](C)(C)C(C)(C)C)c(F)c1. The third-order valence-corrected chi connectivity index (χ3v) is 8.75. The molecule has 20 heavy (non-hydrogen) atoms. The Bertz CT molecular complexity index is 454. The van der Waals surface area contributed by atoms with Crippen molar-refractivity contribution in [1.82, 2.24) is 0 Å². The number of halogens is 1. The van der Waals surface area contributed by atoms with Crippen LogP contribution in [0, 0.1) is 12.7 Å². The van der Waals surface area contributed by atoms with Crippen molar-refractivity contribution in [3.05, 3.63) is 29.6 Å². The molecule has 0 bridgehead atoms. The van der Waals surface area contributed by atoms with Gasteiger partial charge in [0.15, 0.2) is 8.32 Å². The van der Waals surface area contributed by atoms with Crippen LogP contribution in [0.25, 0.3) is 0 Å². The summed E-state index contributed by atoms with van der Waals surface area (Å²) in [4.78, 5) is 1.92. The zero-order chi connectivity index (χ0) is 15.6. The molecule has 0 aromatic heterocycles. The molecule has 4 heteroatoms. The summed E-state index contributed by atoms with van der Waals surface area (Å²) in [5, 5.41) is 0.209. The van der Waals surface area contributed by atoms with Crippen LogP contribution >= 0.6 is 0 Å². The largest absolute Gasteiger partial charge is 0.415 e. The van der Waals surface area contributed by atoms with Gasteiger partial charge in [-0.2, -0.15) is 0 Å². The Kier molecular flexibility index (Phi) is 5.38. The topological polar surface area (TPSA) is 12.5 Å². The molecule has 0 heterocycles. The summed E-state index contributed by atoms with van der Waals surface area (Å²) in [5.41, 5.74) is 1.58.